The second-order valence-corrected chi connectivity index (χ2v) is 9.71. The zero-order valence-corrected chi connectivity index (χ0v) is 16.9. The van der Waals surface area contributed by atoms with Crippen molar-refractivity contribution < 1.29 is 8.42 Å². The summed E-state index contributed by atoms with van der Waals surface area (Å²) in [6.07, 6.45) is 3.82. The Hall–Kier alpha value is -2.80. The highest BCUT2D eigenvalue weighted by Gasteiger charge is 2.40. The molecule has 3 aromatic rings. The average molecular weight is 395 g/mol. The van der Waals surface area contributed by atoms with Gasteiger partial charge in [0.2, 0.25) is 0 Å². The highest BCUT2D eigenvalue weighted by atomic mass is 32.2. The third kappa shape index (κ3) is 3.26. The quantitative estimate of drug-likeness (QED) is 0.668. The fraction of sp³-hybridized carbons (Fsp3) is 0.286. The van der Waals surface area contributed by atoms with Crippen LogP contribution >= 0.6 is 0 Å². The Kier molecular flexibility index (Phi) is 4.42. The lowest BCUT2D eigenvalue weighted by molar-refractivity contribution is 0.371. The van der Waals surface area contributed by atoms with E-state index in [1.165, 1.54) is 4.41 Å². The smallest absolute Gasteiger partial charge is 0.253 e. The Morgan fingerprint density at radius 2 is 1.64 bits per heavy atom. The molecule has 0 amide bonds. The van der Waals surface area contributed by atoms with Gasteiger partial charge in [-0.15, -0.1) is 0 Å². The molecule has 0 fully saturated rings. The Morgan fingerprint density at radius 3 is 2.32 bits per heavy atom. The van der Waals surface area contributed by atoms with Gasteiger partial charge in [0.25, 0.3) is 10.0 Å². The van der Waals surface area contributed by atoms with Gasteiger partial charge >= 0.3 is 0 Å². The second kappa shape index (κ2) is 6.67. The van der Waals surface area contributed by atoms with E-state index in [0.29, 0.717) is 6.42 Å². The van der Waals surface area contributed by atoms with Crippen molar-refractivity contribution in [3.05, 3.63) is 66.5 Å². The van der Waals surface area contributed by atoms with Crippen LogP contribution in [0.1, 0.15) is 38.8 Å². The lowest BCUT2D eigenvalue weighted by atomic mass is 9.86. The first kappa shape index (κ1) is 18.6. The molecule has 1 aliphatic rings. The standard InChI is InChI=1S/C21H22N4O2S/c1-21(2,3)20-14-19(15-9-10-17-18(13-15)23-12-11-22-17)25(24-20)28(26,27)16-7-5-4-6-8-16/h4-13,19H,14H2,1-3H3/t19-/m0/s1. The maximum atomic E-state index is 13.3. The summed E-state index contributed by atoms with van der Waals surface area (Å²) in [7, 11) is -3.77. The van der Waals surface area contributed by atoms with Gasteiger partial charge in [0.05, 0.1) is 22.0 Å². The predicted octanol–water partition coefficient (Wildman–Crippen LogP) is 4.17. The van der Waals surface area contributed by atoms with Gasteiger partial charge in [0.15, 0.2) is 0 Å². The SMILES string of the molecule is CC(C)(C)C1=NN(S(=O)(=O)c2ccccc2)[C@H](c2ccc3nccnc3c2)C1. The first-order valence-corrected chi connectivity index (χ1v) is 10.6. The summed E-state index contributed by atoms with van der Waals surface area (Å²) in [6.45, 7) is 6.15. The van der Waals surface area contributed by atoms with Crippen LogP contribution in [0.3, 0.4) is 0 Å². The second-order valence-electron chi connectivity index (χ2n) is 7.91. The summed E-state index contributed by atoms with van der Waals surface area (Å²) in [6, 6.07) is 13.7. The Bertz CT molecular complexity index is 1150. The summed E-state index contributed by atoms with van der Waals surface area (Å²) in [4.78, 5) is 8.89. The summed E-state index contributed by atoms with van der Waals surface area (Å²) in [5.74, 6) is 0. The predicted molar refractivity (Wildman–Crippen MR) is 109 cm³/mol. The van der Waals surface area contributed by atoms with Crippen molar-refractivity contribution in [1.29, 1.82) is 0 Å². The number of hydrazone groups is 1. The third-order valence-electron chi connectivity index (χ3n) is 4.90. The van der Waals surface area contributed by atoms with Gasteiger partial charge in [-0.2, -0.15) is 17.9 Å². The molecule has 144 valence electrons. The molecule has 1 atom stereocenters. The van der Waals surface area contributed by atoms with Crippen LogP contribution in [-0.4, -0.2) is 28.5 Å². The van der Waals surface area contributed by atoms with Crippen LogP contribution in [0.2, 0.25) is 0 Å². The summed E-state index contributed by atoms with van der Waals surface area (Å²) < 4.78 is 28.0. The van der Waals surface area contributed by atoms with E-state index in [9.17, 15) is 8.42 Å². The number of hydrogen-bond donors (Lipinski definition) is 0. The van der Waals surface area contributed by atoms with Crippen LogP contribution in [0.4, 0.5) is 0 Å². The van der Waals surface area contributed by atoms with Crippen molar-refractivity contribution >= 4 is 26.8 Å². The highest BCUT2D eigenvalue weighted by molar-refractivity contribution is 7.89. The van der Waals surface area contributed by atoms with Gasteiger partial charge in [-0.1, -0.05) is 45.0 Å². The van der Waals surface area contributed by atoms with Crippen LogP contribution in [0, 0.1) is 5.41 Å². The molecule has 0 bridgehead atoms. The average Bonchev–Trinajstić information content (AvgIpc) is 3.15. The van der Waals surface area contributed by atoms with Crippen molar-refractivity contribution in [1.82, 2.24) is 14.4 Å². The first-order valence-electron chi connectivity index (χ1n) is 9.15. The van der Waals surface area contributed by atoms with E-state index >= 15 is 0 Å². The van der Waals surface area contributed by atoms with E-state index in [0.717, 1.165) is 22.3 Å². The molecule has 0 N–H and O–H groups in total. The Morgan fingerprint density at radius 1 is 0.964 bits per heavy atom. The third-order valence-corrected chi connectivity index (χ3v) is 6.60. The summed E-state index contributed by atoms with van der Waals surface area (Å²) >= 11 is 0. The molecule has 1 aromatic heterocycles. The molecular weight excluding hydrogens is 372 g/mol. The minimum absolute atomic E-state index is 0.226. The maximum absolute atomic E-state index is 13.3. The highest BCUT2D eigenvalue weighted by Crippen LogP contribution is 2.40. The molecule has 0 unspecified atom stereocenters. The number of benzene rings is 2. The van der Waals surface area contributed by atoms with Crippen LogP contribution in [0.15, 0.2) is 70.9 Å². The fourth-order valence-electron chi connectivity index (χ4n) is 3.30. The minimum Gasteiger partial charge on any atom is -0.253 e. The molecule has 0 saturated heterocycles. The largest absolute Gasteiger partial charge is 0.279 e. The zero-order chi connectivity index (χ0) is 19.9. The van der Waals surface area contributed by atoms with Crippen molar-refractivity contribution in [3.63, 3.8) is 0 Å². The molecule has 1 aliphatic heterocycles. The number of sulfonamides is 1. The molecular formula is C21H22N4O2S. The monoisotopic (exact) mass is 394 g/mol. The fourth-order valence-corrected chi connectivity index (χ4v) is 4.76. The zero-order valence-electron chi connectivity index (χ0n) is 16.1. The summed E-state index contributed by atoms with van der Waals surface area (Å²) in [5.41, 5.74) is 3.00. The lowest BCUT2D eigenvalue weighted by Gasteiger charge is -2.23. The van der Waals surface area contributed by atoms with Gasteiger partial charge in [-0.25, -0.2) is 0 Å². The number of nitrogens with zero attached hydrogens (tertiary/aromatic N) is 4. The normalized spacial score (nSPS) is 17.8. The van der Waals surface area contributed by atoms with Crippen LogP contribution in [-0.2, 0) is 10.0 Å². The Labute approximate surface area is 165 Å². The van der Waals surface area contributed by atoms with Gasteiger partial charge in [-0.3, -0.25) is 9.97 Å². The van der Waals surface area contributed by atoms with Gasteiger partial charge < -0.3 is 0 Å². The molecule has 0 spiro atoms. The number of aromatic nitrogens is 2. The summed E-state index contributed by atoms with van der Waals surface area (Å²) in [5, 5.41) is 4.57. The number of hydrogen-bond acceptors (Lipinski definition) is 5. The van der Waals surface area contributed by atoms with Gasteiger partial charge in [0.1, 0.15) is 0 Å². The topological polar surface area (TPSA) is 75.5 Å². The first-order chi connectivity index (χ1) is 13.3. The van der Waals surface area contributed by atoms with Crippen molar-refractivity contribution in [2.45, 2.75) is 38.1 Å². The molecule has 7 heteroatoms. The van der Waals surface area contributed by atoms with Crippen LogP contribution in [0.5, 0.6) is 0 Å². The molecule has 2 aromatic carbocycles. The van der Waals surface area contributed by atoms with Crippen molar-refractivity contribution in [3.8, 4) is 0 Å². The van der Waals surface area contributed by atoms with E-state index < -0.39 is 16.1 Å². The van der Waals surface area contributed by atoms with E-state index in [1.807, 2.05) is 39.0 Å². The molecule has 6 nitrogen and oxygen atoms in total. The molecule has 0 radical (unpaired) electrons. The van der Waals surface area contributed by atoms with Gasteiger partial charge in [0, 0.05) is 29.9 Å². The maximum Gasteiger partial charge on any atom is 0.279 e. The van der Waals surface area contributed by atoms with E-state index in [1.54, 1.807) is 42.7 Å². The van der Waals surface area contributed by atoms with Gasteiger partial charge in [-0.05, 0) is 29.8 Å². The molecule has 4 rings (SSSR count). The van der Waals surface area contributed by atoms with Crippen molar-refractivity contribution in [2.24, 2.45) is 10.5 Å². The molecule has 0 saturated carbocycles. The minimum atomic E-state index is -3.77. The lowest BCUT2D eigenvalue weighted by Crippen LogP contribution is -2.27. The van der Waals surface area contributed by atoms with E-state index in [-0.39, 0.29) is 10.3 Å². The van der Waals surface area contributed by atoms with Crippen LogP contribution in [0.25, 0.3) is 11.0 Å². The Balaban J connectivity index is 1.82. The van der Waals surface area contributed by atoms with Crippen LogP contribution < -0.4 is 0 Å². The number of fused-ring (bicyclic) bond motifs is 1. The van der Waals surface area contributed by atoms with E-state index in [2.05, 4.69) is 15.1 Å². The molecule has 2 heterocycles. The molecule has 28 heavy (non-hydrogen) atoms. The van der Waals surface area contributed by atoms with Crippen molar-refractivity contribution in [2.75, 3.05) is 0 Å². The van der Waals surface area contributed by atoms with E-state index in [4.69, 9.17) is 0 Å². The number of rotatable bonds is 3. The molecule has 0 aliphatic carbocycles.